The minimum Gasteiger partial charge on any atom is -0.207 e. The van der Waals surface area contributed by atoms with E-state index in [-0.39, 0.29) is 5.02 Å². The quantitative estimate of drug-likeness (QED) is 0.621. The predicted octanol–water partition coefficient (Wildman–Crippen LogP) is 3.42. The zero-order valence-corrected chi connectivity index (χ0v) is 6.08. The Morgan fingerprint density at radius 3 is 2.27 bits per heavy atom. The van der Waals surface area contributed by atoms with Gasteiger partial charge in [-0.2, -0.15) is 0 Å². The standard InChI is InChI=1S/C7H4ClF3/c8-5-1-4(7(10)11)2-6(9)3-5/h1-3,7H. The summed E-state index contributed by atoms with van der Waals surface area (Å²) >= 11 is 5.32. The molecule has 0 fully saturated rings. The molecule has 0 aliphatic rings. The van der Waals surface area contributed by atoms with Gasteiger partial charge >= 0.3 is 0 Å². The summed E-state index contributed by atoms with van der Waals surface area (Å²) in [5.41, 5.74) is -0.394. The van der Waals surface area contributed by atoms with Gasteiger partial charge in [-0.3, -0.25) is 0 Å². The minimum atomic E-state index is -2.68. The van der Waals surface area contributed by atoms with E-state index in [1.807, 2.05) is 0 Å². The van der Waals surface area contributed by atoms with Gasteiger partial charge in [0.1, 0.15) is 5.82 Å². The molecule has 0 amide bonds. The third-order valence-electron chi connectivity index (χ3n) is 1.14. The van der Waals surface area contributed by atoms with Crippen LogP contribution in [0.2, 0.25) is 5.02 Å². The average molecular weight is 181 g/mol. The molecular formula is C7H4ClF3. The SMILES string of the molecule is Fc1cc(Cl)cc(C(F)F)c1. The zero-order valence-electron chi connectivity index (χ0n) is 5.32. The van der Waals surface area contributed by atoms with E-state index < -0.39 is 17.8 Å². The van der Waals surface area contributed by atoms with Crippen molar-refractivity contribution in [1.82, 2.24) is 0 Å². The Morgan fingerprint density at radius 2 is 1.82 bits per heavy atom. The highest BCUT2D eigenvalue weighted by Gasteiger charge is 2.08. The lowest BCUT2D eigenvalue weighted by Crippen LogP contribution is -1.85. The van der Waals surface area contributed by atoms with Crippen LogP contribution in [0.5, 0.6) is 0 Å². The van der Waals surface area contributed by atoms with Crippen LogP contribution in [0.15, 0.2) is 18.2 Å². The maximum absolute atomic E-state index is 12.4. The third-order valence-corrected chi connectivity index (χ3v) is 1.36. The van der Waals surface area contributed by atoms with Crippen molar-refractivity contribution in [3.63, 3.8) is 0 Å². The minimum absolute atomic E-state index is 0.0136. The van der Waals surface area contributed by atoms with Crippen molar-refractivity contribution < 1.29 is 13.2 Å². The number of halogens is 4. The fraction of sp³-hybridized carbons (Fsp3) is 0.143. The summed E-state index contributed by atoms with van der Waals surface area (Å²) in [4.78, 5) is 0. The molecule has 11 heavy (non-hydrogen) atoms. The monoisotopic (exact) mass is 180 g/mol. The average Bonchev–Trinajstić information content (AvgIpc) is 1.85. The van der Waals surface area contributed by atoms with E-state index in [1.165, 1.54) is 0 Å². The van der Waals surface area contributed by atoms with Crippen LogP contribution in [0.4, 0.5) is 13.2 Å². The molecule has 0 unspecified atom stereocenters. The first kappa shape index (κ1) is 8.40. The molecule has 0 saturated heterocycles. The largest absolute Gasteiger partial charge is 0.264 e. The summed E-state index contributed by atoms with van der Waals surface area (Å²) in [7, 11) is 0. The highest BCUT2D eigenvalue weighted by atomic mass is 35.5. The van der Waals surface area contributed by atoms with E-state index in [1.54, 1.807) is 0 Å². The molecule has 60 valence electrons. The Kier molecular flexibility index (Phi) is 2.39. The molecule has 0 bridgehead atoms. The number of alkyl halides is 2. The molecular weight excluding hydrogens is 177 g/mol. The summed E-state index contributed by atoms with van der Waals surface area (Å²) < 4.78 is 36.2. The highest BCUT2D eigenvalue weighted by molar-refractivity contribution is 6.30. The fourth-order valence-electron chi connectivity index (χ4n) is 0.701. The number of hydrogen-bond donors (Lipinski definition) is 0. The van der Waals surface area contributed by atoms with Gasteiger partial charge in [0.2, 0.25) is 0 Å². The predicted molar refractivity (Wildman–Crippen MR) is 36.4 cm³/mol. The Bertz CT molecular complexity index is 240. The van der Waals surface area contributed by atoms with Crippen LogP contribution in [0.25, 0.3) is 0 Å². The van der Waals surface area contributed by atoms with Gasteiger partial charge in [0.15, 0.2) is 0 Å². The third kappa shape index (κ3) is 2.12. The number of hydrogen-bond acceptors (Lipinski definition) is 0. The Labute approximate surface area is 66.6 Å². The van der Waals surface area contributed by atoms with Crippen molar-refractivity contribution in [1.29, 1.82) is 0 Å². The second kappa shape index (κ2) is 3.13. The molecule has 0 atom stereocenters. The van der Waals surface area contributed by atoms with Crippen molar-refractivity contribution in [3.8, 4) is 0 Å². The zero-order chi connectivity index (χ0) is 8.43. The fourth-order valence-corrected chi connectivity index (χ4v) is 0.931. The van der Waals surface area contributed by atoms with Gasteiger partial charge in [0, 0.05) is 10.6 Å². The topological polar surface area (TPSA) is 0 Å². The van der Waals surface area contributed by atoms with Gasteiger partial charge < -0.3 is 0 Å². The van der Waals surface area contributed by atoms with E-state index >= 15 is 0 Å². The lowest BCUT2D eigenvalue weighted by molar-refractivity contribution is 0.151. The summed E-state index contributed by atoms with van der Waals surface area (Å²) in [5.74, 6) is -0.743. The lowest BCUT2D eigenvalue weighted by Gasteiger charge is -1.99. The molecule has 0 nitrogen and oxygen atoms in total. The molecule has 0 aliphatic carbocycles. The second-order valence-corrected chi connectivity index (χ2v) is 2.44. The smallest absolute Gasteiger partial charge is 0.207 e. The van der Waals surface area contributed by atoms with Gasteiger partial charge in [0.25, 0.3) is 6.43 Å². The molecule has 0 aliphatic heterocycles. The van der Waals surface area contributed by atoms with Crippen molar-refractivity contribution in [2.45, 2.75) is 6.43 Å². The molecule has 0 heterocycles. The Morgan fingerprint density at radius 1 is 1.18 bits per heavy atom. The van der Waals surface area contributed by atoms with E-state index in [2.05, 4.69) is 0 Å². The summed E-state index contributed by atoms with van der Waals surface area (Å²) in [6, 6.07) is 2.78. The molecule has 4 heteroatoms. The van der Waals surface area contributed by atoms with Crippen LogP contribution in [0.3, 0.4) is 0 Å². The molecule has 0 radical (unpaired) electrons. The van der Waals surface area contributed by atoms with Gasteiger partial charge in [-0.05, 0) is 18.2 Å². The van der Waals surface area contributed by atoms with Crippen molar-refractivity contribution in [2.24, 2.45) is 0 Å². The number of rotatable bonds is 1. The summed E-state index contributed by atoms with van der Waals surface area (Å²) in [6.45, 7) is 0. The van der Waals surface area contributed by atoms with Crippen LogP contribution in [-0.2, 0) is 0 Å². The van der Waals surface area contributed by atoms with Crippen molar-refractivity contribution in [2.75, 3.05) is 0 Å². The van der Waals surface area contributed by atoms with Crippen molar-refractivity contribution >= 4 is 11.6 Å². The maximum atomic E-state index is 12.4. The number of benzene rings is 1. The van der Waals surface area contributed by atoms with Gasteiger partial charge in [-0.1, -0.05) is 11.6 Å². The highest BCUT2D eigenvalue weighted by Crippen LogP contribution is 2.23. The van der Waals surface area contributed by atoms with Gasteiger partial charge in [0.05, 0.1) is 0 Å². The molecule has 0 aromatic heterocycles. The molecule has 0 saturated carbocycles. The Balaban J connectivity index is 3.08. The second-order valence-electron chi connectivity index (χ2n) is 2.00. The molecule has 1 rings (SSSR count). The van der Waals surface area contributed by atoms with Gasteiger partial charge in [-0.25, -0.2) is 13.2 Å². The van der Waals surface area contributed by atoms with Crippen LogP contribution < -0.4 is 0 Å². The normalized spacial score (nSPS) is 10.6. The van der Waals surface area contributed by atoms with E-state index in [0.717, 1.165) is 18.2 Å². The molecule has 1 aromatic rings. The van der Waals surface area contributed by atoms with Crippen LogP contribution >= 0.6 is 11.6 Å². The van der Waals surface area contributed by atoms with Crippen molar-refractivity contribution in [3.05, 3.63) is 34.6 Å². The molecule has 0 N–H and O–H groups in total. The van der Waals surface area contributed by atoms with E-state index in [4.69, 9.17) is 11.6 Å². The van der Waals surface area contributed by atoms with Crippen LogP contribution in [-0.4, -0.2) is 0 Å². The molecule has 1 aromatic carbocycles. The molecule has 0 spiro atoms. The van der Waals surface area contributed by atoms with Crippen LogP contribution in [0, 0.1) is 5.82 Å². The maximum Gasteiger partial charge on any atom is 0.264 e. The van der Waals surface area contributed by atoms with E-state index in [0.29, 0.717) is 0 Å². The van der Waals surface area contributed by atoms with Gasteiger partial charge in [-0.15, -0.1) is 0 Å². The van der Waals surface area contributed by atoms with E-state index in [9.17, 15) is 13.2 Å². The summed E-state index contributed by atoms with van der Waals surface area (Å²) in [5, 5.41) is -0.0136. The first-order chi connectivity index (χ1) is 5.09. The first-order valence-corrected chi connectivity index (χ1v) is 3.21. The summed E-state index contributed by atoms with van der Waals surface area (Å²) in [6.07, 6.45) is -2.68. The lowest BCUT2D eigenvalue weighted by atomic mass is 10.2. The van der Waals surface area contributed by atoms with Crippen LogP contribution in [0.1, 0.15) is 12.0 Å². The Hall–Kier alpha value is -0.700. The first-order valence-electron chi connectivity index (χ1n) is 2.84.